The van der Waals surface area contributed by atoms with Crippen molar-refractivity contribution in [1.29, 1.82) is 0 Å². The summed E-state index contributed by atoms with van der Waals surface area (Å²) in [5.74, 6) is -0.309. The maximum Gasteiger partial charge on any atom is 0.126 e. The van der Waals surface area contributed by atoms with E-state index in [1.807, 2.05) is 24.3 Å². The molecule has 0 amide bonds. The lowest BCUT2D eigenvalue weighted by atomic mass is 10.0. The van der Waals surface area contributed by atoms with E-state index >= 15 is 0 Å². The molecule has 2 rings (SSSR count). The maximum atomic E-state index is 13.2. The Hall–Kier alpha value is -1.94. The lowest BCUT2D eigenvalue weighted by Crippen LogP contribution is -2.21. The van der Waals surface area contributed by atoms with E-state index in [2.05, 4.69) is 12.2 Å². The lowest BCUT2D eigenvalue weighted by Gasteiger charge is -2.20. The third kappa shape index (κ3) is 4.02. The first-order valence-corrected chi connectivity index (χ1v) is 6.95. The summed E-state index contributed by atoms with van der Waals surface area (Å²) < 4.78 is 31.7. The number of benzene rings is 2. The van der Waals surface area contributed by atoms with Gasteiger partial charge in [-0.05, 0) is 30.2 Å². The molecule has 21 heavy (non-hydrogen) atoms. The Kier molecular flexibility index (Phi) is 5.28. The Morgan fingerprint density at radius 3 is 2.38 bits per heavy atom. The van der Waals surface area contributed by atoms with Gasteiger partial charge < -0.3 is 10.1 Å². The molecule has 2 aromatic carbocycles. The van der Waals surface area contributed by atoms with Gasteiger partial charge in [0.05, 0.1) is 7.11 Å². The minimum atomic E-state index is -0.558. The molecule has 1 atom stereocenters. The molecule has 0 aliphatic heterocycles. The zero-order valence-electron chi connectivity index (χ0n) is 12.2. The fraction of sp³-hybridized carbons (Fsp3) is 0.294. The minimum Gasteiger partial charge on any atom is -0.496 e. The molecule has 0 heterocycles. The van der Waals surface area contributed by atoms with Gasteiger partial charge in [0.25, 0.3) is 0 Å². The number of rotatable bonds is 6. The molecular weight excluding hydrogens is 272 g/mol. The Morgan fingerprint density at radius 1 is 1.10 bits per heavy atom. The zero-order chi connectivity index (χ0) is 15.2. The van der Waals surface area contributed by atoms with E-state index in [-0.39, 0.29) is 6.04 Å². The van der Waals surface area contributed by atoms with E-state index in [0.717, 1.165) is 23.8 Å². The van der Waals surface area contributed by atoms with Crippen LogP contribution in [0.5, 0.6) is 5.75 Å². The van der Waals surface area contributed by atoms with Crippen LogP contribution in [-0.4, -0.2) is 7.11 Å². The third-order valence-corrected chi connectivity index (χ3v) is 3.40. The van der Waals surface area contributed by atoms with Gasteiger partial charge in [0, 0.05) is 24.2 Å². The predicted octanol–water partition coefficient (Wildman–Crippen LogP) is 4.21. The van der Waals surface area contributed by atoms with Crippen molar-refractivity contribution in [2.45, 2.75) is 25.9 Å². The van der Waals surface area contributed by atoms with Gasteiger partial charge in [-0.1, -0.05) is 25.1 Å². The van der Waals surface area contributed by atoms with Crippen molar-refractivity contribution in [1.82, 2.24) is 5.32 Å². The van der Waals surface area contributed by atoms with Gasteiger partial charge in [-0.3, -0.25) is 0 Å². The van der Waals surface area contributed by atoms with Crippen LogP contribution in [0.15, 0.2) is 42.5 Å². The van der Waals surface area contributed by atoms with Gasteiger partial charge in [0.2, 0.25) is 0 Å². The third-order valence-electron chi connectivity index (χ3n) is 3.40. The molecule has 1 N–H and O–H groups in total. The number of para-hydroxylation sites is 1. The SMILES string of the molecule is CCC(NCc1cc(F)cc(F)c1)c1ccccc1OC. The van der Waals surface area contributed by atoms with Crippen LogP contribution in [0.2, 0.25) is 0 Å². The Morgan fingerprint density at radius 2 is 1.76 bits per heavy atom. The summed E-state index contributed by atoms with van der Waals surface area (Å²) in [5.41, 5.74) is 1.63. The molecule has 2 aromatic rings. The van der Waals surface area contributed by atoms with Crippen molar-refractivity contribution < 1.29 is 13.5 Å². The first kappa shape index (κ1) is 15.4. The second kappa shape index (κ2) is 7.18. The van der Waals surface area contributed by atoms with E-state index < -0.39 is 11.6 Å². The highest BCUT2D eigenvalue weighted by Crippen LogP contribution is 2.27. The normalized spacial score (nSPS) is 12.2. The van der Waals surface area contributed by atoms with Gasteiger partial charge in [-0.2, -0.15) is 0 Å². The molecule has 1 unspecified atom stereocenters. The number of methoxy groups -OCH3 is 1. The number of halogens is 2. The van der Waals surface area contributed by atoms with E-state index in [1.54, 1.807) is 7.11 Å². The Balaban J connectivity index is 2.12. The van der Waals surface area contributed by atoms with Crippen molar-refractivity contribution in [2.75, 3.05) is 7.11 Å². The van der Waals surface area contributed by atoms with E-state index in [4.69, 9.17) is 4.74 Å². The Labute approximate surface area is 123 Å². The van der Waals surface area contributed by atoms with E-state index in [1.165, 1.54) is 12.1 Å². The first-order valence-electron chi connectivity index (χ1n) is 6.95. The summed E-state index contributed by atoms with van der Waals surface area (Å²) in [5, 5.41) is 3.32. The highest BCUT2D eigenvalue weighted by molar-refractivity contribution is 5.36. The smallest absolute Gasteiger partial charge is 0.126 e. The fourth-order valence-corrected chi connectivity index (χ4v) is 2.38. The van der Waals surface area contributed by atoms with Crippen LogP contribution >= 0.6 is 0 Å². The summed E-state index contributed by atoms with van der Waals surface area (Å²) in [6.45, 7) is 2.45. The number of nitrogens with one attached hydrogen (secondary N) is 1. The molecule has 0 spiro atoms. The van der Waals surface area contributed by atoms with E-state index in [9.17, 15) is 8.78 Å². The molecule has 2 nitrogen and oxygen atoms in total. The second-order valence-corrected chi connectivity index (χ2v) is 4.86. The van der Waals surface area contributed by atoms with Crippen molar-refractivity contribution in [3.05, 3.63) is 65.2 Å². The van der Waals surface area contributed by atoms with Crippen LogP contribution in [0.1, 0.15) is 30.5 Å². The molecule has 0 aromatic heterocycles. The molecule has 4 heteroatoms. The van der Waals surface area contributed by atoms with Gasteiger partial charge in [0.15, 0.2) is 0 Å². The summed E-state index contributed by atoms with van der Waals surface area (Å²) >= 11 is 0. The lowest BCUT2D eigenvalue weighted by molar-refractivity contribution is 0.396. The molecule has 0 aliphatic carbocycles. The molecule has 0 radical (unpaired) electrons. The topological polar surface area (TPSA) is 21.3 Å². The quantitative estimate of drug-likeness (QED) is 0.860. The highest BCUT2D eigenvalue weighted by Gasteiger charge is 2.13. The van der Waals surface area contributed by atoms with Crippen LogP contribution in [0, 0.1) is 11.6 Å². The monoisotopic (exact) mass is 291 g/mol. The molecule has 112 valence electrons. The van der Waals surface area contributed by atoms with E-state index in [0.29, 0.717) is 12.1 Å². The first-order chi connectivity index (χ1) is 10.1. The summed E-state index contributed by atoms with van der Waals surface area (Å²) in [4.78, 5) is 0. The molecule has 0 bridgehead atoms. The largest absolute Gasteiger partial charge is 0.496 e. The predicted molar refractivity (Wildman–Crippen MR) is 79.2 cm³/mol. The maximum absolute atomic E-state index is 13.2. The molecule has 0 saturated heterocycles. The van der Waals surface area contributed by atoms with Crippen molar-refractivity contribution in [3.63, 3.8) is 0 Å². The standard InChI is InChI=1S/C17H19F2NO/c1-3-16(15-6-4-5-7-17(15)21-2)20-11-12-8-13(18)10-14(19)9-12/h4-10,16,20H,3,11H2,1-2H3. The molecular formula is C17H19F2NO. The van der Waals surface area contributed by atoms with Gasteiger partial charge in [0.1, 0.15) is 17.4 Å². The second-order valence-electron chi connectivity index (χ2n) is 4.86. The van der Waals surface area contributed by atoms with Crippen LogP contribution in [0.3, 0.4) is 0 Å². The summed E-state index contributed by atoms with van der Waals surface area (Å²) in [6.07, 6.45) is 0.845. The summed E-state index contributed by atoms with van der Waals surface area (Å²) in [7, 11) is 1.63. The van der Waals surface area contributed by atoms with Gasteiger partial charge >= 0.3 is 0 Å². The van der Waals surface area contributed by atoms with Crippen molar-refractivity contribution in [3.8, 4) is 5.75 Å². The number of hydrogen-bond donors (Lipinski definition) is 1. The van der Waals surface area contributed by atoms with Crippen LogP contribution in [0.25, 0.3) is 0 Å². The number of hydrogen-bond acceptors (Lipinski definition) is 2. The molecule has 0 saturated carbocycles. The van der Waals surface area contributed by atoms with Gasteiger partial charge in [-0.15, -0.1) is 0 Å². The van der Waals surface area contributed by atoms with Gasteiger partial charge in [-0.25, -0.2) is 8.78 Å². The van der Waals surface area contributed by atoms with Crippen LogP contribution in [-0.2, 0) is 6.54 Å². The van der Waals surface area contributed by atoms with Crippen molar-refractivity contribution in [2.24, 2.45) is 0 Å². The molecule has 0 fully saturated rings. The fourth-order valence-electron chi connectivity index (χ4n) is 2.38. The average molecular weight is 291 g/mol. The molecule has 0 aliphatic rings. The van der Waals surface area contributed by atoms with Crippen LogP contribution < -0.4 is 10.1 Å². The van der Waals surface area contributed by atoms with Crippen molar-refractivity contribution >= 4 is 0 Å². The van der Waals surface area contributed by atoms with Crippen LogP contribution in [0.4, 0.5) is 8.78 Å². The minimum absolute atomic E-state index is 0.0625. The number of ether oxygens (including phenoxy) is 1. The zero-order valence-corrected chi connectivity index (χ0v) is 12.2. The Bertz CT molecular complexity index is 581. The highest BCUT2D eigenvalue weighted by atomic mass is 19.1. The average Bonchev–Trinajstić information content (AvgIpc) is 2.47. The summed E-state index contributed by atoms with van der Waals surface area (Å²) in [6, 6.07) is 11.4.